The van der Waals surface area contributed by atoms with Crippen LogP contribution in [0.4, 0.5) is 17.2 Å². The summed E-state index contributed by atoms with van der Waals surface area (Å²) < 4.78 is 10.6. The second-order valence-electron chi connectivity index (χ2n) is 6.46. The third-order valence-electron chi connectivity index (χ3n) is 4.55. The zero-order valence-electron chi connectivity index (χ0n) is 15.3. The Bertz CT molecular complexity index is 1220. The Balaban J connectivity index is 1.37. The van der Waals surface area contributed by atoms with Crippen molar-refractivity contribution in [3.8, 4) is 11.5 Å². The number of carbonyl (C=O) groups is 1. The van der Waals surface area contributed by atoms with Crippen molar-refractivity contribution >= 4 is 34.0 Å². The summed E-state index contributed by atoms with van der Waals surface area (Å²) in [4.78, 5) is 21.4. The van der Waals surface area contributed by atoms with Crippen LogP contribution in [0.15, 0.2) is 73.1 Å². The molecule has 0 radical (unpaired) electrons. The van der Waals surface area contributed by atoms with Crippen molar-refractivity contribution < 1.29 is 14.3 Å². The van der Waals surface area contributed by atoms with Crippen LogP contribution in [0, 0.1) is 0 Å². The van der Waals surface area contributed by atoms with Gasteiger partial charge in [-0.25, -0.2) is 4.98 Å². The summed E-state index contributed by atoms with van der Waals surface area (Å²) in [5.74, 6) is 1.59. The molecule has 7 nitrogen and oxygen atoms in total. The molecule has 0 bridgehead atoms. The second-order valence-corrected chi connectivity index (χ2v) is 6.46. The molecule has 29 heavy (non-hydrogen) atoms. The summed E-state index contributed by atoms with van der Waals surface area (Å²) >= 11 is 0. The van der Waals surface area contributed by atoms with Crippen molar-refractivity contribution in [3.05, 3.63) is 78.6 Å². The standard InChI is InChI=1S/C22H16N4O3/c27-22(25-16-6-7-18-19(12-16)29-13-28-18)15-8-10-23-20(11-15)26-17-5-1-3-14-4-2-9-24-21(14)17/h1-12H,13H2,(H,23,26)(H,25,27). The fraction of sp³-hybridized carbons (Fsp3) is 0.0455. The number of fused-ring (bicyclic) bond motifs is 2. The van der Waals surface area contributed by atoms with Gasteiger partial charge in [-0.15, -0.1) is 0 Å². The number of ether oxygens (including phenoxy) is 2. The van der Waals surface area contributed by atoms with E-state index in [1.54, 1.807) is 42.7 Å². The fourth-order valence-electron chi connectivity index (χ4n) is 3.16. The number of rotatable bonds is 4. The first-order valence-electron chi connectivity index (χ1n) is 9.04. The lowest BCUT2D eigenvalue weighted by molar-refractivity contribution is 0.102. The predicted octanol–water partition coefficient (Wildman–Crippen LogP) is 4.35. The normalized spacial score (nSPS) is 12.0. The topological polar surface area (TPSA) is 85.4 Å². The summed E-state index contributed by atoms with van der Waals surface area (Å²) in [5, 5.41) is 7.14. The van der Waals surface area contributed by atoms with Crippen LogP contribution in [0.5, 0.6) is 11.5 Å². The van der Waals surface area contributed by atoms with E-state index in [9.17, 15) is 4.79 Å². The summed E-state index contributed by atoms with van der Waals surface area (Å²) in [7, 11) is 0. The highest BCUT2D eigenvalue weighted by atomic mass is 16.7. The number of hydrogen-bond donors (Lipinski definition) is 2. The number of hydrogen-bond acceptors (Lipinski definition) is 6. The van der Waals surface area contributed by atoms with Gasteiger partial charge in [-0.3, -0.25) is 9.78 Å². The van der Waals surface area contributed by atoms with E-state index in [0.29, 0.717) is 28.6 Å². The van der Waals surface area contributed by atoms with Crippen LogP contribution in [-0.4, -0.2) is 22.7 Å². The smallest absolute Gasteiger partial charge is 0.255 e. The molecule has 0 atom stereocenters. The molecular weight excluding hydrogens is 368 g/mol. The zero-order valence-corrected chi connectivity index (χ0v) is 15.3. The average Bonchev–Trinajstić information content (AvgIpc) is 3.22. The van der Waals surface area contributed by atoms with Crippen molar-refractivity contribution in [2.75, 3.05) is 17.4 Å². The molecule has 142 valence electrons. The van der Waals surface area contributed by atoms with Gasteiger partial charge >= 0.3 is 0 Å². The molecule has 1 amide bonds. The average molecular weight is 384 g/mol. The minimum Gasteiger partial charge on any atom is -0.454 e. The van der Waals surface area contributed by atoms with E-state index in [2.05, 4.69) is 20.6 Å². The van der Waals surface area contributed by atoms with Gasteiger partial charge in [-0.05, 0) is 36.4 Å². The molecule has 0 saturated carbocycles. The molecular formula is C22H16N4O3. The van der Waals surface area contributed by atoms with Gasteiger partial charge in [-0.2, -0.15) is 0 Å². The van der Waals surface area contributed by atoms with Crippen LogP contribution in [0.25, 0.3) is 10.9 Å². The molecule has 2 aromatic carbocycles. The Morgan fingerprint density at radius 3 is 2.76 bits per heavy atom. The molecule has 3 heterocycles. The third kappa shape index (κ3) is 3.41. The van der Waals surface area contributed by atoms with Gasteiger partial charge in [0.25, 0.3) is 5.91 Å². The van der Waals surface area contributed by atoms with Crippen LogP contribution in [0.1, 0.15) is 10.4 Å². The summed E-state index contributed by atoms with van der Waals surface area (Å²) in [5.41, 5.74) is 2.77. The van der Waals surface area contributed by atoms with Gasteiger partial charge < -0.3 is 20.1 Å². The Hall–Kier alpha value is -4.13. The number of aromatic nitrogens is 2. The van der Waals surface area contributed by atoms with E-state index in [0.717, 1.165) is 16.6 Å². The third-order valence-corrected chi connectivity index (χ3v) is 4.55. The molecule has 0 unspecified atom stereocenters. The molecule has 0 saturated heterocycles. The summed E-state index contributed by atoms with van der Waals surface area (Å²) in [6.07, 6.45) is 3.34. The maximum atomic E-state index is 12.7. The Kier molecular flexibility index (Phi) is 4.18. The Morgan fingerprint density at radius 1 is 0.897 bits per heavy atom. The van der Waals surface area contributed by atoms with Crippen LogP contribution in [0.2, 0.25) is 0 Å². The number of carbonyl (C=O) groups excluding carboxylic acids is 1. The molecule has 1 aliphatic rings. The van der Waals surface area contributed by atoms with Crippen LogP contribution in [-0.2, 0) is 0 Å². The number of para-hydroxylation sites is 1. The van der Waals surface area contributed by atoms with E-state index < -0.39 is 0 Å². The predicted molar refractivity (Wildman–Crippen MR) is 110 cm³/mol. The largest absolute Gasteiger partial charge is 0.454 e. The molecule has 2 aromatic heterocycles. The molecule has 7 heteroatoms. The van der Waals surface area contributed by atoms with Gasteiger partial charge in [-0.1, -0.05) is 18.2 Å². The molecule has 0 aliphatic carbocycles. The van der Waals surface area contributed by atoms with Crippen molar-refractivity contribution in [1.82, 2.24) is 9.97 Å². The first kappa shape index (κ1) is 17.0. The highest BCUT2D eigenvalue weighted by Gasteiger charge is 2.15. The molecule has 5 rings (SSSR count). The lowest BCUT2D eigenvalue weighted by atomic mass is 10.2. The van der Waals surface area contributed by atoms with E-state index in [1.165, 1.54) is 0 Å². The number of nitrogens with one attached hydrogen (secondary N) is 2. The SMILES string of the molecule is O=C(Nc1ccc2c(c1)OCO2)c1ccnc(Nc2cccc3cccnc23)c1. The highest BCUT2D eigenvalue weighted by Crippen LogP contribution is 2.34. The highest BCUT2D eigenvalue weighted by molar-refractivity contribution is 6.05. The molecule has 2 N–H and O–H groups in total. The minimum atomic E-state index is -0.245. The number of nitrogens with zero attached hydrogens (tertiary/aromatic N) is 2. The number of pyridine rings is 2. The summed E-state index contributed by atoms with van der Waals surface area (Å²) in [6, 6.07) is 18.4. The van der Waals surface area contributed by atoms with Crippen LogP contribution < -0.4 is 20.1 Å². The first-order chi connectivity index (χ1) is 14.3. The first-order valence-corrected chi connectivity index (χ1v) is 9.04. The zero-order chi connectivity index (χ0) is 19.6. The Morgan fingerprint density at radius 2 is 1.79 bits per heavy atom. The number of benzene rings is 2. The lowest BCUT2D eigenvalue weighted by Crippen LogP contribution is -2.12. The molecule has 1 aliphatic heterocycles. The van der Waals surface area contributed by atoms with Crippen molar-refractivity contribution in [3.63, 3.8) is 0 Å². The summed E-state index contributed by atoms with van der Waals surface area (Å²) in [6.45, 7) is 0.190. The quantitative estimate of drug-likeness (QED) is 0.544. The van der Waals surface area contributed by atoms with Crippen molar-refractivity contribution in [1.29, 1.82) is 0 Å². The minimum absolute atomic E-state index is 0.190. The van der Waals surface area contributed by atoms with E-state index in [4.69, 9.17) is 9.47 Å². The van der Waals surface area contributed by atoms with Gasteiger partial charge in [0.05, 0.1) is 11.2 Å². The van der Waals surface area contributed by atoms with E-state index in [1.807, 2.05) is 30.3 Å². The van der Waals surface area contributed by atoms with E-state index >= 15 is 0 Å². The van der Waals surface area contributed by atoms with Gasteiger partial charge in [0, 0.05) is 35.1 Å². The van der Waals surface area contributed by atoms with Gasteiger partial charge in [0.15, 0.2) is 11.5 Å². The Labute approximate surface area is 166 Å². The number of amides is 1. The monoisotopic (exact) mass is 384 g/mol. The van der Waals surface area contributed by atoms with Crippen molar-refractivity contribution in [2.45, 2.75) is 0 Å². The van der Waals surface area contributed by atoms with Crippen molar-refractivity contribution in [2.24, 2.45) is 0 Å². The molecule has 0 fully saturated rings. The lowest BCUT2D eigenvalue weighted by Gasteiger charge is -2.10. The fourth-order valence-corrected chi connectivity index (χ4v) is 3.16. The van der Waals surface area contributed by atoms with Crippen LogP contribution in [0.3, 0.4) is 0 Å². The second kappa shape index (κ2) is 7.12. The van der Waals surface area contributed by atoms with Gasteiger partial charge in [0.1, 0.15) is 5.82 Å². The van der Waals surface area contributed by atoms with E-state index in [-0.39, 0.29) is 12.7 Å². The molecule has 4 aromatic rings. The van der Waals surface area contributed by atoms with Gasteiger partial charge in [0.2, 0.25) is 6.79 Å². The van der Waals surface area contributed by atoms with Crippen LogP contribution >= 0.6 is 0 Å². The molecule has 0 spiro atoms. The number of anilines is 3. The maximum Gasteiger partial charge on any atom is 0.255 e. The maximum absolute atomic E-state index is 12.7.